The molecule has 10 heavy (non-hydrogen) atoms. The molecule has 1 aliphatic heterocycles. The first kappa shape index (κ1) is 6.86. The van der Waals surface area contributed by atoms with E-state index >= 15 is 0 Å². The zero-order valence-electron chi connectivity index (χ0n) is 5.79. The van der Waals surface area contributed by atoms with Crippen LogP contribution in [0.3, 0.4) is 0 Å². The predicted molar refractivity (Wildman–Crippen MR) is 37.7 cm³/mol. The van der Waals surface area contributed by atoms with Gasteiger partial charge in [-0.2, -0.15) is 0 Å². The highest BCUT2D eigenvalue weighted by Gasteiger charge is 2.10. The van der Waals surface area contributed by atoms with Crippen LogP contribution in [0.2, 0.25) is 0 Å². The van der Waals surface area contributed by atoms with E-state index in [4.69, 9.17) is 5.73 Å². The molecule has 0 fully saturated rings. The smallest absolute Gasteiger partial charge is 0.265 e. The molecule has 1 rings (SSSR count). The van der Waals surface area contributed by atoms with Crippen LogP contribution in [0, 0.1) is 6.08 Å². The van der Waals surface area contributed by atoms with Crippen LogP contribution in [-0.2, 0) is 4.79 Å². The molecule has 0 atom stereocenters. The summed E-state index contributed by atoms with van der Waals surface area (Å²) in [7, 11) is 1.81. The van der Waals surface area contributed by atoms with Crippen LogP contribution in [0.1, 0.15) is 0 Å². The lowest BCUT2D eigenvalue weighted by molar-refractivity contribution is -0.115. The van der Waals surface area contributed by atoms with Crippen molar-refractivity contribution in [2.75, 3.05) is 13.6 Å². The fourth-order valence-corrected chi connectivity index (χ4v) is 0.795. The summed E-state index contributed by atoms with van der Waals surface area (Å²) in [4.78, 5) is 12.4. The van der Waals surface area contributed by atoms with Crippen molar-refractivity contribution < 1.29 is 4.79 Å². The van der Waals surface area contributed by atoms with E-state index in [0.717, 1.165) is 0 Å². The summed E-state index contributed by atoms with van der Waals surface area (Å²) < 4.78 is 0. The number of likely N-dealkylation sites (N-methyl/N-ethyl adjacent to an activating group) is 1. The SMILES string of the molecule is CN1CC=[C]C=C1C(N)=O. The van der Waals surface area contributed by atoms with Crippen LogP contribution in [0.4, 0.5) is 0 Å². The molecule has 0 aromatic heterocycles. The van der Waals surface area contributed by atoms with Crippen LogP contribution < -0.4 is 5.73 Å². The molecule has 0 spiro atoms. The number of hydrogen-bond acceptors (Lipinski definition) is 2. The summed E-state index contributed by atoms with van der Waals surface area (Å²) in [5.41, 5.74) is 5.57. The van der Waals surface area contributed by atoms with Gasteiger partial charge in [-0.05, 0) is 12.2 Å². The molecular formula is C7H9N2O. The second-order valence-electron chi connectivity index (χ2n) is 2.15. The third-order valence-corrected chi connectivity index (χ3v) is 1.37. The molecule has 53 valence electrons. The van der Waals surface area contributed by atoms with Gasteiger partial charge >= 0.3 is 0 Å². The average molecular weight is 137 g/mol. The quantitative estimate of drug-likeness (QED) is 0.537. The maximum Gasteiger partial charge on any atom is 0.265 e. The van der Waals surface area contributed by atoms with Gasteiger partial charge in [-0.25, -0.2) is 0 Å². The van der Waals surface area contributed by atoms with Gasteiger partial charge in [0.1, 0.15) is 5.70 Å². The second kappa shape index (κ2) is 2.56. The summed E-state index contributed by atoms with van der Waals surface area (Å²) in [6.07, 6.45) is 6.25. The minimum Gasteiger partial charge on any atom is -0.366 e. The largest absolute Gasteiger partial charge is 0.366 e. The zero-order chi connectivity index (χ0) is 7.56. The zero-order valence-corrected chi connectivity index (χ0v) is 5.79. The Labute approximate surface area is 59.8 Å². The molecule has 3 heteroatoms. The summed E-state index contributed by atoms with van der Waals surface area (Å²) in [6, 6.07) is 0. The Hall–Kier alpha value is -1.25. The molecular weight excluding hydrogens is 128 g/mol. The number of allylic oxidation sites excluding steroid dienone is 2. The summed E-state index contributed by atoms with van der Waals surface area (Å²) >= 11 is 0. The van der Waals surface area contributed by atoms with Crippen molar-refractivity contribution in [3.05, 3.63) is 23.9 Å². The molecule has 0 unspecified atom stereocenters. The third-order valence-electron chi connectivity index (χ3n) is 1.37. The topological polar surface area (TPSA) is 46.3 Å². The van der Waals surface area contributed by atoms with Gasteiger partial charge in [0.15, 0.2) is 0 Å². The van der Waals surface area contributed by atoms with Crippen molar-refractivity contribution in [1.82, 2.24) is 4.90 Å². The highest BCUT2D eigenvalue weighted by Crippen LogP contribution is 2.04. The maximum atomic E-state index is 10.6. The lowest BCUT2D eigenvalue weighted by atomic mass is 10.2. The van der Waals surface area contributed by atoms with Crippen molar-refractivity contribution in [2.24, 2.45) is 5.73 Å². The fourth-order valence-electron chi connectivity index (χ4n) is 0.795. The van der Waals surface area contributed by atoms with Gasteiger partial charge in [-0.15, -0.1) is 0 Å². The third kappa shape index (κ3) is 1.18. The van der Waals surface area contributed by atoms with Gasteiger partial charge in [-0.1, -0.05) is 6.08 Å². The number of amides is 1. The second-order valence-corrected chi connectivity index (χ2v) is 2.15. The van der Waals surface area contributed by atoms with Crippen molar-refractivity contribution in [3.8, 4) is 0 Å². The highest BCUT2D eigenvalue weighted by atomic mass is 16.1. The standard InChI is InChI=1S/C7H9N2O/c1-9-5-3-2-4-6(9)7(8)10/h3-4H,5H2,1H3,(H2,8,10). The molecule has 0 aromatic rings. The maximum absolute atomic E-state index is 10.6. The van der Waals surface area contributed by atoms with E-state index in [1.54, 1.807) is 11.0 Å². The summed E-state index contributed by atoms with van der Waals surface area (Å²) in [5.74, 6) is -0.400. The molecule has 1 aliphatic rings. The van der Waals surface area contributed by atoms with Gasteiger partial charge in [0.05, 0.1) is 0 Å². The molecule has 0 aromatic carbocycles. The Morgan fingerprint density at radius 2 is 2.60 bits per heavy atom. The lowest BCUT2D eigenvalue weighted by Gasteiger charge is -2.19. The monoisotopic (exact) mass is 137 g/mol. The van der Waals surface area contributed by atoms with Crippen LogP contribution in [-0.4, -0.2) is 24.4 Å². The predicted octanol–water partition coefficient (Wildman–Crippen LogP) is -0.340. The Morgan fingerprint density at radius 1 is 1.90 bits per heavy atom. The van der Waals surface area contributed by atoms with Crippen molar-refractivity contribution in [2.45, 2.75) is 0 Å². The normalized spacial score (nSPS) is 16.9. The Morgan fingerprint density at radius 3 is 3.00 bits per heavy atom. The van der Waals surface area contributed by atoms with E-state index in [1.165, 1.54) is 0 Å². The van der Waals surface area contributed by atoms with E-state index in [-0.39, 0.29) is 0 Å². The Balaban J connectivity index is 2.80. The number of nitrogens with two attached hydrogens (primary N) is 1. The fraction of sp³-hybridized carbons (Fsp3) is 0.286. The van der Waals surface area contributed by atoms with Crippen molar-refractivity contribution in [3.63, 3.8) is 0 Å². The van der Waals surface area contributed by atoms with E-state index in [0.29, 0.717) is 12.2 Å². The lowest BCUT2D eigenvalue weighted by Crippen LogP contribution is -2.29. The van der Waals surface area contributed by atoms with Crippen LogP contribution >= 0.6 is 0 Å². The number of hydrogen-bond donors (Lipinski definition) is 1. The van der Waals surface area contributed by atoms with Crippen LogP contribution in [0.5, 0.6) is 0 Å². The molecule has 3 nitrogen and oxygen atoms in total. The van der Waals surface area contributed by atoms with Gasteiger partial charge in [0.2, 0.25) is 0 Å². The van der Waals surface area contributed by atoms with E-state index in [1.807, 2.05) is 13.1 Å². The van der Waals surface area contributed by atoms with Crippen LogP contribution in [0.15, 0.2) is 17.8 Å². The van der Waals surface area contributed by atoms with E-state index in [9.17, 15) is 4.79 Å². The molecule has 1 amide bonds. The van der Waals surface area contributed by atoms with Crippen molar-refractivity contribution in [1.29, 1.82) is 0 Å². The molecule has 0 saturated heterocycles. The minimum atomic E-state index is -0.400. The van der Waals surface area contributed by atoms with E-state index < -0.39 is 5.91 Å². The minimum absolute atomic E-state index is 0.400. The van der Waals surface area contributed by atoms with Crippen molar-refractivity contribution >= 4 is 5.91 Å². The number of carbonyl (C=O) groups is 1. The Kier molecular flexibility index (Phi) is 1.76. The first-order chi connectivity index (χ1) is 4.72. The number of nitrogens with zero attached hydrogens (tertiary/aromatic N) is 1. The highest BCUT2D eigenvalue weighted by molar-refractivity contribution is 5.91. The number of carbonyl (C=O) groups excluding carboxylic acids is 1. The molecule has 0 bridgehead atoms. The van der Waals surface area contributed by atoms with Gasteiger partial charge in [0, 0.05) is 13.6 Å². The first-order valence-electron chi connectivity index (χ1n) is 3.00. The molecule has 2 N–H and O–H groups in total. The van der Waals surface area contributed by atoms with E-state index in [2.05, 4.69) is 6.08 Å². The molecule has 1 radical (unpaired) electrons. The van der Waals surface area contributed by atoms with Crippen LogP contribution in [0.25, 0.3) is 0 Å². The average Bonchev–Trinajstić information content (AvgIpc) is 1.88. The number of primary amides is 1. The number of rotatable bonds is 1. The molecule has 1 heterocycles. The summed E-state index contributed by atoms with van der Waals surface area (Å²) in [6.45, 7) is 0.703. The van der Waals surface area contributed by atoms with Gasteiger partial charge < -0.3 is 10.6 Å². The molecule has 0 aliphatic carbocycles. The van der Waals surface area contributed by atoms with Gasteiger partial charge in [-0.3, -0.25) is 4.79 Å². The van der Waals surface area contributed by atoms with Gasteiger partial charge in [0.25, 0.3) is 5.91 Å². The Bertz CT molecular complexity index is 206. The molecule has 0 saturated carbocycles. The first-order valence-corrected chi connectivity index (χ1v) is 3.00. The summed E-state index contributed by atoms with van der Waals surface area (Å²) in [5, 5.41) is 0.